The summed E-state index contributed by atoms with van der Waals surface area (Å²) >= 11 is 0. The minimum absolute atomic E-state index is 0.0335. The first-order valence-corrected chi connectivity index (χ1v) is 10.9. The van der Waals surface area contributed by atoms with Crippen LogP contribution in [-0.4, -0.2) is 32.4 Å². The van der Waals surface area contributed by atoms with Gasteiger partial charge in [0.05, 0.1) is 10.5 Å². The second-order valence-corrected chi connectivity index (χ2v) is 8.85. The highest BCUT2D eigenvalue weighted by Crippen LogP contribution is 2.31. The Morgan fingerprint density at radius 3 is 2.50 bits per heavy atom. The molecule has 1 saturated heterocycles. The topological polar surface area (TPSA) is 92.5 Å². The van der Waals surface area contributed by atoms with E-state index in [-0.39, 0.29) is 10.8 Å². The normalized spacial score (nSPS) is 15.0. The van der Waals surface area contributed by atoms with Gasteiger partial charge >= 0.3 is 12.2 Å². The Morgan fingerprint density at radius 2 is 1.90 bits per heavy atom. The van der Waals surface area contributed by atoms with E-state index in [0.29, 0.717) is 42.7 Å². The van der Waals surface area contributed by atoms with Gasteiger partial charge in [-0.3, -0.25) is 0 Å². The van der Waals surface area contributed by atoms with Crippen LogP contribution in [0, 0.1) is 5.92 Å². The number of sulfonamides is 1. The Kier molecular flexibility index (Phi) is 6.09. The molecule has 1 fully saturated rings. The van der Waals surface area contributed by atoms with E-state index in [1.165, 1.54) is 17.0 Å². The molecule has 0 aliphatic carbocycles. The van der Waals surface area contributed by atoms with Crippen molar-refractivity contribution in [1.29, 1.82) is 0 Å². The number of alkyl halides is 3. The molecule has 0 spiro atoms. The summed E-state index contributed by atoms with van der Waals surface area (Å²) in [6.45, 7) is 2.60. The number of rotatable bonds is 5. The lowest BCUT2D eigenvalue weighted by molar-refractivity contribution is -0.137. The van der Waals surface area contributed by atoms with E-state index in [1.807, 2.05) is 0 Å². The number of carbonyl (C=O) groups excluding carboxylic acids is 1. The van der Waals surface area contributed by atoms with Crippen molar-refractivity contribution in [2.75, 3.05) is 18.4 Å². The van der Waals surface area contributed by atoms with Gasteiger partial charge in [-0.1, -0.05) is 31.2 Å². The Hall–Kier alpha value is -2.59. The van der Waals surface area contributed by atoms with Gasteiger partial charge in [0.2, 0.25) is 10.0 Å². The van der Waals surface area contributed by atoms with Crippen molar-refractivity contribution in [3.8, 4) is 0 Å². The highest BCUT2D eigenvalue weighted by atomic mass is 32.2. The molecule has 1 aliphatic rings. The molecule has 1 heterocycles. The lowest BCUT2D eigenvalue weighted by Gasteiger charge is -2.39. The van der Waals surface area contributed by atoms with Gasteiger partial charge < -0.3 is 10.2 Å². The van der Waals surface area contributed by atoms with Gasteiger partial charge in [0.1, 0.15) is 0 Å². The third-order valence-corrected chi connectivity index (χ3v) is 6.02. The summed E-state index contributed by atoms with van der Waals surface area (Å²) in [5.74, 6) is 0.0571. The second-order valence-electron chi connectivity index (χ2n) is 7.32. The van der Waals surface area contributed by atoms with Crippen LogP contribution in [0.4, 0.5) is 23.7 Å². The van der Waals surface area contributed by atoms with Gasteiger partial charge in [-0.15, -0.1) is 0 Å². The molecule has 3 rings (SSSR count). The summed E-state index contributed by atoms with van der Waals surface area (Å²) in [7, 11) is -3.92. The molecule has 162 valence electrons. The van der Waals surface area contributed by atoms with Crippen LogP contribution in [0.1, 0.15) is 23.6 Å². The predicted octanol–water partition coefficient (Wildman–Crippen LogP) is 3.62. The second kappa shape index (κ2) is 8.27. The number of primary sulfonamides is 1. The zero-order valence-corrected chi connectivity index (χ0v) is 17.1. The fourth-order valence-corrected chi connectivity index (χ4v) is 4.33. The van der Waals surface area contributed by atoms with Gasteiger partial charge in [0, 0.05) is 18.8 Å². The summed E-state index contributed by atoms with van der Waals surface area (Å²) in [4.78, 5) is 13.9. The summed E-state index contributed by atoms with van der Waals surface area (Å²) in [6, 6.07) is 9.31. The summed E-state index contributed by atoms with van der Waals surface area (Å²) in [6.07, 6.45) is -3.47. The summed E-state index contributed by atoms with van der Waals surface area (Å²) < 4.78 is 61.9. The number of nitrogens with two attached hydrogens (primary N) is 1. The minimum Gasteiger partial charge on any atom is -0.324 e. The minimum atomic E-state index is -4.38. The van der Waals surface area contributed by atoms with E-state index in [4.69, 9.17) is 5.14 Å². The van der Waals surface area contributed by atoms with Crippen LogP contribution in [0.5, 0.6) is 0 Å². The number of halogens is 3. The number of anilines is 1. The molecule has 0 atom stereocenters. The maximum atomic E-state index is 12.8. The number of amides is 2. The van der Waals surface area contributed by atoms with Gasteiger partial charge in [-0.25, -0.2) is 18.4 Å². The third kappa shape index (κ3) is 5.11. The lowest BCUT2D eigenvalue weighted by atomic mass is 9.92. The van der Waals surface area contributed by atoms with E-state index in [1.54, 1.807) is 25.1 Å². The monoisotopic (exact) mass is 441 g/mol. The van der Waals surface area contributed by atoms with Crippen LogP contribution in [0.3, 0.4) is 0 Å². The molecule has 0 bridgehead atoms. The van der Waals surface area contributed by atoms with E-state index in [0.717, 1.165) is 12.1 Å². The number of likely N-dealkylation sites (tertiary alicyclic amines) is 1. The van der Waals surface area contributed by atoms with Gasteiger partial charge in [-0.05, 0) is 48.1 Å². The van der Waals surface area contributed by atoms with Crippen LogP contribution >= 0.6 is 0 Å². The Bertz CT molecular complexity index is 1050. The van der Waals surface area contributed by atoms with Crippen LogP contribution < -0.4 is 10.5 Å². The highest BCUT2D eigenvalue weighted by Gasteiger charge is 2.33. The van der Waals surface area contributed by atoms with Crippen LogP contribution in [0.2, 0.25) is 0 Å². The van der Waals surface area contributed by atoms with Crippen molar-refractivity contribution in [2.24, 2.45) is 11.1 Å². The molecule has 2 amide bonds. The number of nitrogens with zero attached hydrogens (tertiary/aromatic N) is 1. The van der Waals surface area contributed by atoms with Crippen LogP contribution in [0.25, 0.3) is 0 Å². The SMILES string of the molecule is CCc1ccc(NC(=O)N2CC(Cc3cccc(C(F)(F)F)c3)C2)cc1S(N)(=O)=O. The zero-order chi connectivity index (χ0) is 22.1. The molecule has 30 heavy (non-hydrogen) atoms. The molecule has 2 aromatic rings. The maximum absolute atomic E-state index is 12.8. The van der Waals surface area contributed by atoms with Crippen molar-refractivity contribution in [1.82, 2.24) is 4.90 Å². The zero-order valence-electron chi connectivity index (χ0n) is 16.2. The molecule has 0 unspecified atom stereocenters. The fourth-order valence-electron chi connectivity index (χ4n) is 3.46. The number of hydrogen-bond donors (Lipinski definition) is 2. The van der Waals surface area contributed by atoms with Crippen molar-refractivity contribution in [3.05, 3.63) is 59.2 Å². The van der Waals surface area contributed by atoms with Crippen LogP contribution in [0.15, 0.2) is 47.4 Å². The molecule has 0 aromatic heterocycles. The molecule has 0 radical (unpaired) electrons. The molecule has 1 aliphatic heterocycles. The number of urea groups is 1. The summed E-state index contributed by atoms with van der Waals surface area (Å²) in [5, 5.41) is 7.88. The van der Waals surface area contributed by atoms with Crippen molar-refractivity contribution in [2.45, 2.75) is 30.8 Å². The van der Waals surface area contributed by atoms with E-state index >= 15 is 0 Å². The van der Waals surface area contributed by atoms with Crippen LogP contribution in [-0.2, 0) is 29.0 Å². The average Bonchev–Trinajstić information content (AvgIpc) is 2.63. The summed E-state index contributed by atoms with van der Waals surface area (Å²) in [5.41, 5.74) is 0.751. The first-order valence-electron chi connectivity index (χ1n) is 9.35. The largest absolute Gasteiger partial charge is 0.416 e. The average molecular weight is 441 g/mol. The van der Waals surface area contributed by atoms with E-state index < -0.39 is 27.8 Å². The van der Waals surface area contributed by atoms with Gasteiger partial charge in [0.15, 0.2) is 0 Å². The number of nitrogens with one attached hydrogen (secondary N) is 1. The van der Waals surface area contributed by atoms with Gasteiger partial charge in [0.25, 0.3) is 0 Å². The molecule has 6 nitrogen and oxygen atoms in total. The predicted molar refractivity (Wildman–Crippen MR) is 106 cm³/mol. The Labute approximate surface area is 172 Å². The first-order chi connectivity index (χ1) is 14.0. The number of hydrogen-bond acceptors (Lipinski definition) is 3. The number of carbonyl (C=O) groups is 1. The molecular formula is C20H22F3N3O3S. The smallest absolute Gasteiger partial charge is 0.324 e. The number of benzene rings is 2. The standard InChI is InChI=1S/C20H22F3N3O3S/c1-2-15-6-7-17(10-18(15)30(24,28)29)25-19(27)26-11-14(12-26)8-13-4-3-5-16(9-13)20(21,22)23/h3-7,9-10,14H,2,8,11-12H2,1H3,(H,25,27)(H2,24,28,29). The third-order valence-electron chi connectivity index (χ3n) is 5.03. The van der Waals surface area contributed by atoms with Crippen molar-refractivity contribution in [3.63, 3.8) is 0 Å². The Morgan fingerprint density at radius 1 is 1.20 bits per heavy atom. The first kappa shape index (κ1) is 22.1. The molecule has 2 aromatic carbocycles. The molecule has 3 N–H and O–H groups in total. The quantitative estimate of drug-likeness (QED) is 0.742. The van der Waals surface area contributed by atoms with E-state index in [2.05, 4.69) is 5.32 Å². The molecular weight excluding hydrogens is 419 g/mol. The highest BCUT2D eigenvalue weighted by molar-refractivity contribution is 7.89. The van der Waals surface area contributed by atoms with E-state index in [9.17, 15) is 26.4 Å². The lowest BCUT2D eigenvalue weighted by Crippen LogP contribution is -2.52. The molecule has 0 saturated carbocycles. The number of aryl methyl sites for hydroxylation is 1. The Balaban J connectivity index is 1.59. The van der Waals surface area contributed by atoms with Crippen molar-refractivity contribution < 1.29 is 26.4 Å². The fraction of sp³-hybridized carbons (Fsp3) is 0.350. The molecule has 10 heteroatoms. The maximum Gasteiger partial charge on any atom is 0.416 e. The van der Waals surface area contributed by atoms with Gasteiger partial charge in [-0.2, -0.15) is 13.2 Å². The van der Waals surface area contributed by atoms with Crippen molar-refractivity contribution >= 4 is 21.7 Å².